The van der Waals surface area contributed by atoms with Crippen molar-refractivity contribution in [3.05, 3.63) is 29.3 Å². The monoisotopic (exact) mass is 339 g/mol. The Bertz CT molecular complexity index is 564. The van der Waals surface area contributed by atoms with E-state index in [-0.39, 0.29) is 17.3 Å². The van der Waals surface area contributed by atoms with Crippen LogP contribution in [0.2, 0.25) is 5.02 Å². The van der Waals surface area contributed by atoms with E-state index in [1.54, 1.807) is 0 Å². The van der Waals surface area contributed by atoms with E-state index in [2.05, 4.69) is 10.1 Å². The Morgan fingerprint density at radius 3 is 2.50 bits per heavy atom. The summed E-state index contributed by atoms with van der Waals surface area (Å²) in [6, 6.07) is 5.67. The summed E-state index contributed by atoms with van der Waals surface area (Å²) in [6.45, 7) is 0.911. The number of benzene rings is 1. The van der Waals surface area contributed by atoms with Gasteiger partial charge in [0.2, 0.25) is 5.91 Å². The van der Waals surface area contributed by atoms with E-state index in [1.807, 2.05) is 0 Å². The van der Waals surface area contributed by atoms with Crippen LogP contribution in [0, 0.1) is 0 Å². The number of carbonyl (C=O) groups excluding carboxylic acids is 2. The highest BCUT2D eigenvalue weighted by molar-refractivity contribution is 6.30. The second-order valence-electron chi connectivity index (χ2n) is 4.31. The molecule has 5 nitrogen and oxygen atoms in total. The lowest BCUT2D eigenvalue weighted by molar-refractivity contribution is -0.262. The van der Waals surface area contributed by atoms with Crippen LogP contribution < -0.4 is 5.32 Å². The number of halogens is 4. The number of carbonyl (C=O) groups is 2. The van der Waals surface area contributed by atoms with E-state index >= 15 is 0 Å². The molecule has 0 aliphatic carbocycles. The lowest BCUT2D eigenvalue weighted by Gasteiger charge is -2.27. The Balaban J connectivity index is 2.90. The van der Waals surface area contributed by atoms with Crippen LogP contribution in [-0.2, 0) is 14.3 Å². The minimum atomic E-state index is -5.36. The van der Waals surface area contributed by atoms with E-state index < -0.39 is 30.1 Å². The van der Waals surface area contributed by atoms with Gasteiger partial charge in [-0.3, -0.25) is 4.79 Å². The first-order chi connectivity index (χ1) is 10.1. The first kappa shape index (κ1) is 18.2. The maximum absolute atomic E-state index is 12.9. The molecule has 0 aromatic heterocycles. The Labute approximate surface area is 129 Å². The number of nitrogens with one attached hydrogen (secondary N) is 1. The zero-order chi connectivity index (χ0) is 17.0. The van der Waals surface area contributed by atoms with Crippen LogP contribution in [0.25, 0.3) is 0 Å². The van der Waals surface area contributed by atoms with E-state index in [0.29, 0.717) is 0 Å². The standard InChI is InChI=1S/C13H13ClF3NO4/c1-2-22-11(20)12(21,13(15,16)17)7-10(19)18-9-5-3-4-8(14)6-9/h3-6,21H,2,7H2,1H3,(H,18,19). The van der Waals surface area contributed by atoms with E-state index in [9.17, 15) is 27.9 Å². The van der Waals surface area contributed by atoms with Crippen molar-refractivity contribution in [1.82, 2.24) is 0 Å². The van der Waals surface area contributed by atoms with Gasteiger partial charge in [-0.1, -0.05) is 17.7 Å². The van der Waals surface area contributed by atoms with Gasteiger partial charge in [-0.15, -0.1) is 0 Å². The Hall–Kier alpha value is -1.80. The quantitative estimate of drug-likeness (QED) is 0.808. The number of amides is 1. The van der Waals surface area contributed by atoms with Crippen molar-refractivity contribution in [2.24, 2.45) is 0 Å². The van der Waals surface area contributed by atoms with E-state index in [4.69, 9.17) is 11.6 Å². The molecular formula is C13H13ClF3NO4. The molecule has 0 saturated heterocycles. The summed E-state index contributed by atoms with van der Waals surface area (Å²) < 4.78 is 42.9. The van der Waals surface area contributed by atoms with Crippen molar-refractivity contribution in [3.63, 3.8) is 0 Å². The predicted molar refractivity (Wildman–Crippen MR) is 72.3 cm³/mol. The third-order valence-corrected chi connectivity index (χ3v) is 2.84. The second-order valence-corrected chi connectivity index (χ2v) is 4.75. The van der Waals surface area contributed by atoms with Crippen LogP contribution in [-0.4, -0.2) is 35.4 Å². The highest BCUT2D eigenvalue weighted by Crippen LogP contribution is 2.34. The van der Waals surface area contributed by atoms with Gasteiger partial charge < -0.3 is 15.2 Å². The van der Waals surface area contributed by atoms with Gasteiger partial charge in [-0.2, -0.15) is 13.2 Å². The first-order valence-corrected chi connectivity index (χ1v) is 6.49. The van der Waals surface area contributed by atoms with Crippen LogP contribution in [0.1, 0.15) is 13.3 Å². The SMILES string of the molecule is CCOC(=O)C(O)(CC(=O)Nc1cccc(Cl)c1)C(F)(F)F. The predicted octanol–water partition coefficient (Wildman–Crippen LogP) is 2.53. The van der Waals surface area contributed by atoms with Crippen molar-refractivity contribution in [1.29, 1.82) is 0 Å². The lowest BCUT2D eigenvalue weighted by Crippen LogP contribution is -2.54. The van der Waals surface area contributed by atoms with Gasteiger partial charge in [0.1, 0.15) is 0 Å². The molecule has 122 valence electrons. The number of hydrogen-bond donors (Lipinski definition) is 2. The van der Waals surface area contributed by atoms with Crippen LogP contribution in [0.4, 0.5) is 18.9 Å². The van der Waals surface area contributed by atoms with Crippen LogP contribution >= 0.6 is 11.6 Å². The van der Waals surface area contributed by atoms with Crippen LogP contribution in [0.15, 0.2) is 24.3 Å². The number of esters is 1. The molecule has 1 rings (SSSR count). The van der Waals surface area contributed by atoms with Gasteiger partial charge in [0.15, 0.2) is 0 Å². The molecule has 1 amide bonds. The fourth-order valence-corrected chi connectivity index (χ4v) is 1.73. The molecular weight excluding hydrogens is 327 g/mol. The van der Waals surface area contributed by atoms with Crippen molar-refractivity contribution in [2.75, 3.05) is 11.9 Å². The molecule has 1 aromatic carbocycles. The third-order valence-electron chi connectivity index (χ3n) is 2.61. The summed E-state index contributed by atoms with van der Waals surface area (Å²) in [7, 11) is 0. The molecule has 0 radical (unpaired) electrons. The third kappa shape index (κ3) is 4.35. The van der Waals surface area contributed by atoms with Gasteiger partial charge >= 0.3 is 12.1 Å². The molecule has 0 spiro atoms. The van der Waals surface area contributed by atoms with Gasteiger partial charge in [0, 0.05) is 10.7 Å². The smallest absolute Gasteiger partial charge is 0.428 e. The highest BCUT2D eigenvalue weighted by atomic mass is 35.5. The number of hydrogen-bond acceptors (Lipinski definition) is 4. The number of alkyl halides is 3. The maximum Gasteiger partial charge on any atom is 0.428 e. The summed E-state index contributed by atoms with van der Waals surface area (Å²) in [5, 5.41) is 11.9. The summed E-state index contributed by atoms with van der Waals surface area (Å²) in [5.41, 5.74) is -3.78. The molecule has 0 aliphatic heterocycles. The topological polar surface area (TPSA) is 75.6 Å². The summed E-state index contributed by atoms with van der Waals surface area (Å²) >= 11 is 5.67. The minimum Gasteiger partial charge on any atom is -0.464 e. The molecule has 2 N–H and O–H groups in total. The Morgan fingerprint density at radius 1 is 1.36 bits per heavy atom. The zero-order valence-electron chi connectivity index (χ0n) is 11.4. The van der Waals surface area contributed by atoms with Crippen molar-refractivity contribution < 1.29 is 32.6 Å². The van der Waals surface area contributed by atoms with Crippen LogP contribution in [0.5, 0.6) is 0 Å². The zero-order valence-corrected chi connectivity index (χ0v) is 12.2. The second kappa shape index (κ2) is 6.97. The highest BCUT2D eigenvalue weighted by Gasteiger charge is 2.61. The minimum absolute atomic E-state index is 0.130. The molecule has 22 heavy (non-hydrogen) atoms. The van der Waals surface area contributed by atoms with Crippen LogP contribution in [0.3, 0.4) is 0 Å². The van der Waals surface area contributed by atoms with Crippen molar-refractivity contribution >= 4 is 29.2 Å². The van der Waals surface area contributed by atoms with Gasteiger partial charge in [0.05, 0.1) is 13.0 Å². The largest absolute Gasteiger partial charge is 0.464 e. The normalized spacial score (nSPS) is 14.1. The fourth-order valence-electron chi connectivity index (χ4n) is 1.54. The molecule has 0 aliphatic rings. The number of aliphatic hydroxyl groups is 1. The molecule has 0 saturated carbocycles. The first-order valence-electron chi connectivity index (χ1n) is 6.12. The summed E-state index contributed by atoms with van der Waals surface area (Å²) in [6.07, 6.45) is -6.88. The van der Waals surface area contributed by atoms with Crippen molar-refractivity contribution in [2.45, 2.75) is 25.1 Å². The number of ether oxygens (including phenoxy) is 1. The molecule has 1 unspecified atom stereocenters. The molecule has 1 aromatic rings. The Morgan fingerprint density at radius 2 is 2.00 bits per heavy atom. The number of anilines is 1. The van der Waals surface area contributed by atoms with Gasteiger partial charge in [-0.25, -0.2) is 4.79 Å². The molecule has 0 fully saturated rings. The van der Waals surface area contributed by atoms with E-state index in [1.165, 1.54) is 31.2 Å². The Kier molecular flexibility index (Phi) is 5.78. The maximum atomic E-state index is 12.9. The summed E-state index contributed by atoms with van der Waals surface area (Å²) in [4.78, 5) is 23.0. The average molecular weight is 340 g/mol. The number of rotatable bonds is 5. The lowest BCUT2D eigenvalue weighted by atomic mass is 9.98. The fraction of sp³-hybridized carbons (Fsp3) is 0.385. The molecule has 1 atom stereocenters. The average Bonchev–Trinajstić information content (AvgIpc) is 2.37. The molecule has 0 bridgehead atoms. The molecule has 9 heteroatoms. The van der Waals surface area contributed by atoms with Gasteiger partial charge in [0.25, 0.3) is 5.60 Å². The molecule has 0 heterocycles. The summed E-state index contributed by atoms with van der Waals surface area (Å²) in [5.74, 6) is -3.14. The van der Waals surface area contributed by atoms with Crippen molar-refractivity contribution in [3.8, 4) is 0 Å². The van der Waals surface area contributed by atoms with E-state index in [0.717, 1.165) is 0 Å². The van der Waals surface area contributed by atoms with Gasteiger partial charge in [-0.05, 0) is 25.1 Å².